The van der Waals surface area contributed by atoms with Crippen molar-refractivity contribution in [3.63, 3.8) is 0 Å². The van der Waals surface area contributed by atoms with Gasteiger partial charge < -0.3 is 18.6 Å². The quantitative estimate of drug-likeness (QED) is 0.771. The molecule has 2 rings (SSSR count). The van der Waals surface area contributed by atoms with Gasteiger partial charge in [0.05, 0.1) is 11.2 Å². The fraction of sp³-hybridized carbons (Fsp3) is 0.615. The molecule has 2 heterocycles. The van der Waals surface area contributed by atoms with Crippen LogP contribution in [0.2, 0.25) is 0 Å². The summed E-state index contributed by atoms with van der Waals surface area (Å²) >= 11 is 3.32. The normalized spacial score (nSPS) is 20.2. The number of carbonyl (C=O) groups excluding carboxylic acids is 1. The number of nitrogens with zero attached hydrogens (tertiary/aromatic N) is 1. The summed E-state index contributed by atoms with van der Waals surface area (Å²) in [5.74, 6) is 0.0556. The molecule has 1 aliphatic rings. The van der Waals surface area contributed by atoms with E-state index < -0.39 is 18.3 Å². The highest BCUT2D eigenvalue weighted by Gasteiger charge is 2.52. The van der Waals surface area contributed by atoms with Crippen LogP contribution in [0.1, 0.15) is 38.2 Å². The van der Waals surface area contributed by atoms with Gasteiger partial charge in [0.15, 0.2) is 10.4 Å². The molecule has 0 radical (unpaired) electrons. The average molecular weight is 344 g/mol. The lowest BCUT2D eigenvalue weighted by Gasteiger charge is -2.32. The van der Waals surface area contributed by atoms with Crippen LogP contribution >= 0.6 is 15.9 Å². The number of rotatable bonds is 2. The minimum absolute atomic E-state index is 0.200. The number of hydrogen-bond donors (Lipinski definition) is 0. The van der Waals surface area contributed by atoms with E-state index >= 15 is 0 Å². The van der Waals surface area contributed by atoms with Gasteiger partial charge in [0.1, 0.15) is 0 Å². The van der Waals surface area contributed by atoms with Crippen molar-refractivity contribution in [3.8, 4) is 0 Å². The maximum absolute atomic E-state index is 11.9. The Hall–Kier alpha value is -0.785. The Balaban J connectivity index is 2.30. The molecule has 1 aliphatic heterocycles. The molecule has 0 spiro atoms. The van der Waals surface area contributed by atoms with Crippen LogP contribution in [0.5, 0.6) is 0 Å². The van der Waals surface area contributed by atoms with Crippen molar-refractivity contribution in [3.05, 3.63) is 16.5 Å². The summed E-state index contributed by atoms with van der Waals surface area (Å²) in [7, 11) is 2.79. The third kappa shape index (κ3) is 2.54. The summed E-state index contributed by atoms with van der Waals surface area (Å²) in [5.41, 5.74) is -0.172. The van der Waals surface area contributed by atoms with E-state index in [1.807, 2.05) is 27.7 Å². The fourth-order valence-electron chi connectivity index (χ4n) is 1.84. The van der Waals surface area contributed by atoms with Crippen molar-refractivity contribution in [1.29, 1.82) is 0 Å². The fourth-order valence-corrected chi connectivity index (χ4v) is 2.32. The van der Waals surface area contributed by atoms with Crippen LogP contribution in [-0.4, -0.2) is 43.2 Å². The predicted octanol–water partition coefficient (Wildman–Crippen LogP) is 2.04. The zero-order valence-electron chi connectivity index (χ0n) is 12.6. The summed E-state index contributed by atoms with van der Waals surface area (Å²) in [6.45, 7) is 7.92. The lowest BCUT2D eigenvalue weighted by molar-refractivity contribution is 0.00578. The summed E-state index contributed by atoms with van der Waals surface area (Å²) < 4.78 is 17.8. The number of furan rings is 1. The minimum Gasteiger partial charge on any atom is -0.445 e. The zero-order chi connectivity index (χ0) is 15.3. The smallest absolute Gasteiger partial charge is 0.445 e. The maximum atomic E-state index is 11.9. The van der Waals surface area contributed by atoms with E-state index in [4.69, 9.17) is 13.7 Å². The molecule has 0 saturated carbocycles. The highest BCUT2D eigenvalue weighted by Crippen LogP contribution is 2.37. The Kier molecular flexibility index (Phi) is 3.82. The maximum Gasteiger partial charge on any atom is 0.499 e. The lowest BCUT2D eigenvalue weighted by atomic mass is 9.81. The predicted molar refractivity (Wildman–Crippen MR) is 80.1 cm³/mol. The van der Waals surface area contributed by atoms with E-state index in [1.165, 1.54) is 4.90 Å². The van der Waals surface area contributed by atoms with Crippen LogP contribution < -0.4 is 5.46 Å². The van der Waals surface area contributed by atoms with Gasteiger partial charge in [-0.05, 0) is 49.7 Å². The largest absolute Gasteiger partial charge is 0.499 e. The summed E-state index contributed by atoms with van der Waals surface area (Å²) in [4.78, 5) is 13.4. The third-order valence-electron chi connectivity index (χ3n) is 3.84. The topological polar surface area (TPSA) is 51.9 Å². The first-order chi connectivity index (χ1) is 9.05. The summed E-state index contributed by atoms with van der Waals surface area (Å²) in [6.07, 6.45) is 0. The van der Waals surface area contributed by atoms with Gasteiger partial charge in [0.2, 0.25) is 0 Å². The molecule has 1 fully saturated rings. The van der Waals surface area contributed by atoms with E-state index in [2.05, 4.69) is 15.9 Å². The van der Waals surface area contributed by atoms with E-state index in [-0.39, 0.29) is 11.7 Å². The van der Waals surface area contributed by atoms with E-state index in [0.717, 1.165) is 0 Å². The summed E-state index contributed by atoms with van der Waals surface area (Å²) in [6, 6.07) is 1.66. The van der Waals surface area contributed by atoms with E-state index in [0.29, 0.717) is 10.1 Å². The Morgan fingerprint density at radius 1 is 1.20 bits per heavy atom. The van der Waals surface area contributed by atoms with Crippen LogP contribution in [-0.2, 0) is 9.31 Å². The first kappa shape index (κ1) is 15.6. The molecular formula is C13H19BBrNO4. The highest BCUT2D eigenvalue weighted by molar-refractivity contribution is 9.10. The Labute approximate surface area is 127 Å². The Morgan fingerprint density at radius 2 is 1.70 bits per heavy atom. The Bertz CT molecular complexity index is 522. The second kappa shape index (κ2) is 4.89. The molecule has 0 bridgehead atoms. The van der Waals surface area contributed by atoms with Crippen molar-refractivity contribution in [1.82, 2.24) is 4.90 Å². The van der Waals surface area contributed by atoms with Crippen molar-refractivity contribution in [2.45, 2.75) is 38.9 Å². The molecule has 0 atom stereocenters. The van der Waals surface area contributed by atoms with Gasteiger partial charge in [-0.3, -0.25) is 4.79 Å². The zero-order valence-corrected chi connectivity index (χ0v) is 14.2. The molecule has 0 aliphatic carbocycles. The second-order valence-electron chi connectivity index (χ2n) is 6.13. The molecule has 1 amide bonds. The highest BCUT2D eigenvalue weighted by atomic mass is 79.9. The van der Waals surface area contributed by atoms with Gasteiger partial charge in [-0.25, -0.2) is 0 Å². The molecule has 1 aromatic heterocycles. The van der Waals surface area contributed by atoms with Crippen molar-refractivity contribution in [2.24, 2.45) is 0 Å². The molecular weight excluding hydrogens is 325 g/mol. The molecule has 1 aromatic rings. The van der Waals surface area contributed by atoms with Crippen molar-refractivity contribution in [2.75, 3.05) is 14.1 Å². The molecule has 0 aromatic carbocycles. The number of amides is 1. The second-order valence-corrected chi connectivity index (χ2v) is 6.85. The number of hydrogen-bond acceptors (Lipinski definition) is 4. The number of carbonyl (C=O) groups is 1. The SMILES string of the molecule is CN(C)C(=O)c1cc(B2OC(C)(C)C(C)(C)O2)c(Br)o1. The first-order valence-electron chi connectivity index (χ1n) is 6.42. The molecule has 1 saturated heterocycles. The van der Waals surface area contributed by atoms with Crippen LogP contribution in [0, 0.1) is 0 Å². The van der Waals surface area contributed by atoms with Crippen LogP contribution in [0.3, 0.4) is 0 Å². The molecule has 0 unspecified atom stereocenters. The minimum atomic E-state index is -0.554. The van der Waals surface area contributed by atoms with Crippen molar-refractivity contribution >= 4 is 34.4 Å². The van der Waals surface area contributed by atoms with Crippen molar-refractivity contribution < 1.29 is 18.5 Å². The lowest BCUT2D eigenvalue weighted by Crippen LogP contribution is -2.41. The molecule has 7 heteroatoms. The monoisotopic (exact) mass is 343 g/mol. The van der Waals surface area contributed by atoms with Crippen LogP contribution in [0.4, 0.5) is 0 Å². The summed E-state index contributed by atoms with van der Waals surface area (Å²) in [5, 5.41) is 0. The molecule has 110 valence electrons. The number of halogens is 1. The average Bonchev–Trinajstić information content (AvgIpc) is 2.76. The van der Waals surface area contributed by atoms with Gasteiger partial charge in [-0.2, -0.15) is 0 Å². The van der Waals surface area contributed by atoms with E-state index in [1.54, 1.807) is 20.2 Å². The first-order valence-corrected chi connectivity index (χ1v) is 7.21. The molecule has 5 nitrogen and oxygen atoms in total. The van der Waals surface area contributed by atoms with Gasteiger partial charge in [0, 0.05) is 19.6 Å². The Morgan fingerprint density at radius 3 is 2.15 bits per heavy atom. The standard InChI is InChI=1S/C13H19BBrNO4/c1-12(2)13(3,4)20-14(19-12)8-7-9(18-10(8)15)11(17)16(5)6/h7H,1-6H3. The molecule has 20 heavy (non-hydrogen) atoms. The van der Waals surface area contributed by atoms with Gasteiger partial charge in [-0.1, -0.05) is 0 Å². The third-order valence-corrected chi connectivity index (χ3v) is 4.46. The molecule has 0 N–H and O–H groups in total. The van der Waals surface area contributed by atoms with Crippen LogP contribution in [0.25, 0.3) is 0 Å². The van der Waals surface area contributed by atoms with Gasteiger partial charge >= 0.3 is 7.12 Å². The van der Waals surface area contributed by atoms with Crippen LogP contribution in [0.15, 0.2) is 15.2 Å². The van der Waals surface area contributed by atoms with E-state index in [9.17, 15) is 4.79 Å². The van der Waals surface area contributed by atoms with Gasteiger partial charge in [0.25, 0.3) is 5.91 Å². The van der Waals surface area contributed by atoms with Gasteiger partial charge in [-0.15, -0.1) is 0 Å².